The first kappa shape index (κ1) is 19.9. The Bertz CT molecular complexity index is 672. The van der Waals surface area contributed by atoms with Gasteiger partial charge in [-0.2, -0.15) is 0 Å². The standard InChI is InChI=1S/C23H31NO3/c1-18(2)20-8-10-22(11-9-20)27-17-23-16-24(12-13-26-23)15-21(25)14-19-6-4-3-5-7-19/h3-11,18,21,23,25H,12-17H2,1-2H3. The first-order valence-electron chi connectivity index (χ1n) is 9.89. The number of nitrogens with zero attached hydrogens (tertiary/aromatic N) is 1. The largest absolute Gasteiger partial charge is 0.491 e. The predicted molar refractivity (Wildman–Crippen MR) is 108 cm³/mol. The monoisotopic (exact) mass is 369 g/mol. The van der Waals surface area contributed by atoms with E-state index in [4.69, 9.17) is 9.47 Å². The van der Waals surface area contributed by atoms with Crippen molar-refractivity contribution in [2.45, 2.75) is 38.4 Å². The maximum Gasteiger partial charge on any atom is 0.119 e. The molecule has 0 radical (unpaired) electrons. The average Bonchev–Trinajstić information content (AvgIpc) is 2.67. The van der Waals surface area contributed by atoms with Crippen molar-refractivity contribution in [2.24, 2.45) is 0 Å². The smallest absolute Gasteiger partial charge is 0.119 e. The number of ether oxygens (including phenoxy) is 2. The van der Waals surface area contributed by atoms with E-state index in [9.17, 15) is 5.11 Å². The molecular formula is C23H31NO3. The fourth-order valence-corrected chi connectivity index (χ4v) is 3.43. The Morgan fingerprint density at radius 3 is 2.56 bits per heavy atom. The van der Waals surface area contributed by atoms with E-state index in [1.807, 2.05) is 30.3 Å². The Hall–Kier alpha value is -1.88. The predicted octanol–water partition coefficient (Wildman–Crippen LogP) is 3.49. The molecule has 0 bridgehead atoms. The Balaban J connectivity index is 1.43. The summed E-state index contributed by atoms with van der Waals surface area (Å²) in [6.45, 7) is 7.89. The quantitative estimate of drug-likeness (QED) is 0.773. The lowest BCUT2D eigenvalue weighted by Gasteiger charge is -2.34. The molecule has 3 rings (SSSR count). The highest BCUT2D eigenvalue weighted by Crippen LogP contribution is 2.19. The SMILES string of the molecule is CC(C)c1ccc(OCC2CN(CC(O)Cc3ccccc3)CCO2)cc1. The van der Waals surface area contributed by atoms with Crippen LogP contribution in [0.2, 0.25) is 0 Å². The van der Waals surface area contributed by atoms with Crippen LogP contribution >= 0.6 is 0 Å². The third kappa shape index (κ3) is 6.35. The van der Waals surface area contributed by atoms with Crippen molar-refractivity contribution in [1.29, 1.82) is 0 Å². The highest BCUT2D eigenvalue weighted by molar-refractivity contribution is 5.28. The van der Waals surface area contributed by atoms with Crippen LogP contribution in [0.1, 0.15) is 30.9 Å². The van der Waals surface area contributed by atoms with E-state index in [1.54, 1.807) is 0 Å². The number of rotatable bonds is 8. The first-order chi connectivity index (χ1) is 13.1. The molecule has 4 heteroatoms. The Morgan fingerprint density at radius 2 is 1.85 bits per heavy atom. The summed E-state index contributed by atoms with van der Waals surface area (Å²) < 4.78 is 11.8. The van der Waals surface area contributed by atoms with Gasteiger partial charge in [0.25, 0.3) is 0 Å². The van der Waals surface area contributed by atoms with Gasteiger partial charge in [-0.05, 0) is 35.6 Å². The van der Waals surface area contributed by atoms with E-state index in [1.165, 1.54) is 11.1 Å². The van der Waals surface area contributed by atoms with E-state index in [0.29, 0.717) is 32.1 Å². The van der Waals surface area contributed by atoms with Gasteiger partial charge in [-0.25, -0.2) is 0 Å². The minimum atomic E-state index is -0.365. The van der Waals surface area contributed by atoms with Crippen LogP contribution in [-0.4, -0.2) is 55.1 Å². The fraction of sp³-hybridized carbons (Fsp3) is 0.478. The number of aliphatic hydroxyl groups is 1. The maximum absolute atomic E-state index is 10.4. The summed E-state index contributed by atoms with van der Waals surface area (Å²) >= 11 is 0. The zero-order valence-electron chi connectivity index (χ0n) is 16.4. The molecule has 2 unspecified atom stereocenters. The summed E-state index contributed by atoms with van der Waals surface area (Å²) in [4.78, 5) is 2.27. The number of β-amino-alcohol motifs (C(OH)–C–C–N with tert-alkyl or cyclic N) is 1. The minimum Gasteiger partial charge on any atom is -0.491 e. The van der Waals surface area contributed by atoms with Gasteiger partial charge in [0.15, 0.2) is 0 Å². The summed E-state index contributed by atoms with van der Waals surface area (Å²) in [5.74, 6) is 1.40. The topological polar surface area (TPSA) is 41.9 Å². The summed E-state index contributed by atoms with van der Waals surface area (Å²) in [6, 6.07) is 18.4. The third-order valence-corrected chi connectivity index (χ3v) is 4.99. The van der Waals surface area contributed by atoms with Crippen molar-refractivity contribution >= 4 is 0 Å². The van der Waals surface area contributed by atoms with Gasteiger partial charge in [-0.3, -0.25) is 4.90 Å². The molecule has 1 heterocycles. The van der Waals surface area contributed by atoms with Gasteiger partial charge in [0.05, 0.1) is 12.7 Å². The van der Waals surface area contributed by atoms with E-state index >= 15 is 0 Å². The van der Waals surface area contributed by atoms with Gasteiger partial charge < -0.3 is 14.6 Å². The van der Waals surface area contributed by atoms with Crippen molar-refractivity contribution in [2.75, 3.05) is 32.8 Å². The molecule has 0 amide bonds. The second kappa shape index (κ2) is 9.88. The molecule has 0 aromatic heterocycles. The van der Waals surface area contributed by atoms with Crippen molar-refractivity contribution in [3.63, 3.8) is 0 Å². The van der Waals surface area contributed by atoms with Crippen LogP contribution in [0.25, 0.3) is 0 Å². The summed E-state index contributed by atoms with van der Waals surface area (Å²) in [5, 5.41) is 10.4. The minimum absolute atomic E-state index is 0.0347. The van der Waals surface area contributed by atoms with Crippen LogP contribution in [0, 0.1) is 0 Å². The van der Waals surface area contributed by atoms with Crippen LogP contribution in [0.5, 0.6) is 5.75 Å². The second-order valence-corrected chi connectivity index (χ2v) is 7.63. The summed E-state index contributed by atoms with van der Waals surface area (Å²) in [7, 11) is 0. The number of benzene rings is 2. The van der Waals surface area contributed by atoms with Gasteiger partial charge >= 0.3 is 0 Å². The molecule has 2 aromatic carbocycles. The zero-order chi connectivity index (χ0) is 19.1. The first-order valence-corrected chi connectivity index (χ1v) is 9.89. The Labute approximate surface area is 162 Å². The lowest BCUT2D eigenvalue weighted by atomic mass is 10.0. The highest BCUT2D eigenvalue weighted by Gasteiger charge is 2.23. The molecule has 146 valence electrons. The van der Waals surface area contributed by atoms with Crippen molar-refractivity contribution in [3.05, 3.63) is 65.7 Å². The van der Waals surface area contributed by atoms with Crippen LogP contribution in [0.3, 0.4) is 0 Å². The fourth-order valence-electron chi connectivity index (χ4n) is 3.43. The summed E-state index contributed by atoms with van der Waals surface area (Å²) in [6.07, 6.45) is 0.352. The van der Waals surface area contributed by atoms with Crippen molar-refractivity contribution in [1.82, 2.24) is 4.90 Å². The molecular weight excluding hydrogens is 338 g/mol. The number of hydrogen-bond acceptors (Lipinski definition) is 4. The Morgan fingerprint density at radius 1 is 1.11 bits per heavy atom. The number of hydrogen-bond donors (Lipinski definition) is 1. The van der Waals surface area contributed by atoms with Gasteiger partial charge in [-0.1, -0.05) is 56.3 Å². The van der Waals surface area contributed by atoms with Gasteiger partial charge in [0.1, 0.15) is 18.5 Å². The van der Waals surface area contributed by atoms with E-state index in [0.717, 1.165) is 18.8 Å². The van der Waals surface area contributed by atoms with E-state index < -0.39 is 0 Å². The molecule has 1 N–H and O–H groups in total. The number of morpholine rings is 1. The van der Waals surface area contributed by atoms with E-state index in [-0.39, 0.29) is 12.2 Å². The molecule has 0 aliphatic carbocycles. The molecule has 1 fully saturated rings. The van der Waals surface area contributed by atoms with Crippen LogP contribution < -0.4 is 4.74 Å². The molecule has 2 atom stereocenters. The second-order valence-electron chi connectivity index (χ2n) is 7.63. The molecule has 1 aliphatic rings. The average molecular weight is 370 g/mol. The summed E-state index contributed by atoms with van der Waals surface area (Å²) in [5.41, 5.74) is 2.48. The van der Waals surface area contributed by atoms with Crippen molar-refractivity contribution < 1.29 is 14.6 Å². The molecule has 0 spiro atoms. The highest BCUT2D eigenvalue weighted by atomic mass is 16.5. The molecule has 4 nitrogen and oxygen atoms in total. The van der Waals surface area contributed by atoms with E-state index in [2.05, 4.69) is 43.0 Å². The lowest BCUT2D eigenvalue weighted by molar-refractivity contribution is -0.0571. The Kier molecular flexibility index (Phi) is 7.27. The maximum atomic E-state index is 10.4. The molecule has 1 saturated heterocycles. The van der Waals surface area contributed by atoms with Crippen molar-refractivity contribution in [3.8, 4) is 5.75 Å². The lowest BCUT2D eigenvalue weighted by Crippen LogP contribution is -2.47. The number of aliphatic hydroxyl groups excluding tert-OH is 1. The van der Waals surface area contributed by atoms with Gasteiger partial charge in [-0.15, -0.1) is 0 Å². The zero-order valence-corrected chi connectivity index (χ0v) is 16.4. The van der Waals surface area contributed by atoms with Crippen LogP contribution in [0.4, 0.5) is 0 Å². The van der Waals surface area contributed by atoms with Crippen LogP contribution in [-0.2, 0) is 11.2 Å². The third-order valence-electron chi connectivity index (χ3n) is 4.99. The van der Waals surface area contributed by atoms with Gasteiger partial charge in [0, 0.05) is 19.6 Å². The molecule has 0 saturated carbocycles. The van der Waals surface area contributed by atoms with Gasteiger partial charge in [0.2, 0.25) is 0 Å². The molecule has 2 aromatic rings. The van der Waals surface area contributed by atoms with Crippen LogP contribution in [0.15, 0.2) is 54.6 Å². The normalized spacial score (nSPS) is 19.2. The molecule has 27 heavy (non-hydrogen) atoms. The molecule has 1 aliphatic heterocycles.